The van der Waals surface area contributed by atoms with Crippen LogP contribution in [0.5, 0.6) is 0 Å². The summed E-state index contributed by atoms with van der Waals surface area (Å²) in [6.07, 6.45) is 9.85. The number of carbonyl (C=O) groups excluding carboxylic acids is 1. The van der Waals surface area contributed by atoms with E-state index in [1.54, 1.807) is 0 Å². The van der Waals surface area contributed by atoms with Crippen molar-refractivity contribution in [3.05, 3.63) is 16.9 Å². The molecule has 2 atom stereocenters. The molecule has 7 heteroatoms. The molecule has 1 aliphatic heterocycles. The zero-order valence-corrected chi connectivity index (χ0v) is 15.1. The highest BCUT2D eigenvalue weighted by Gasteiger charge is 2.31. The molecule has 0 aromatic carbocycles. The zero-order valence-electron chi connectivity index (χ0n) is 12.7. The summed E-state index contributed by atoms with van der Waals surface area (Å²) in [5.74, 6) is 0.481. The summed E-state index contributed by atoms with van der Waals surface area (Å²) >= 11 is 3.43. The van der Waals surface area contributed by atoms with Gasteiger partial charge >= 0.3 is 0 Å². The third kappa shape index (κ3) is 4.03. The fourth-order valence-electron chi connectivity index (χ4n) is 3.58. The van der Waals surface area contributed by atoms with Gasteiger partial charge in [0.05, 0.1) is 16.7 Å². The van der Waals surface area contributed by atoms with E-state index in [-0.39, 0.29) is 24.4 Å². The van der Waals surface area contributed by atoms with Crippen LogP contribution < -0.4 is 5.73 Å². The number of aromatic nitrogens is 2. The second kappa shape index (κ2) is 7.79. The first-order chi connectivity index (χ1) is 10.1. The lowest BCUT2D eigenvalue weighted by Crippen LogP contribution is -2.44. The molecule has 0 bridgehead atoms. The Bertz CT molecular complexity index is 501. The summed E-state index contributed by atoms with van der Waals surface area (Å²) in [7, 11) is 0. The van der Waals surface area contributed by atoms with Crippen molar-refractivity contribution in [1.82, 2.24) is 14.7 Å². The Kier molecular flexibility index (Phi) is 6.29. The van der Waals surface area contributed by atoms with Crippen LogP contribution >= 0.6 is 28.3 Å². The highest BCUT2D eigenvalue weighted by Crippen LogP contribution is 2.28. The number of halogens is 2. The van der Waals surface area contributed by atoms with Crippen molar-refractivity contribution in [1.29, 1.82) is 0 Å². The second-order valence-electron chi connectivity index (χ2n) is 6.32. The fourth-order valence-corrected chi connectivity index (χ4v) is 3.88. The Balaban J connectivity index is 0.00000176. The number of piperidine rings is 1. The van der Waals surface area contributed by atoms with Crippen molar-refractivity contribution < 1.29 is 4.79 Å². The van der Waals surface area contributed by atoms with E-state index in [1.165, 1.54) is 0 Å². The molecule has 2 heterocycles. The Morgan fingerprint density at radius 3 is 2.59 bits per heavy atom. The van der Waals surface area contributed by atoms with Gasteiger partial charge in [-0.25, -0.2) is 0 Å². The van der Waals surface area contributed by atoms with Crippen LogP contribution in [0.4, 0.5) is 0 Å². The molecule has 22 heavy (non-hydrogen) atoms. The molecule has 0 spiro atoms. The van der Waals surface area contributed by atoms with Crippen LogP contribution in [-0.4, -0.2) is 39.7 Å². The van der Waals surface area contributed by atoms with Gasteiger partial charge in [-0.05, 0) is 48.0 Å². The Hall–Kier alpha value is -0.590. The van der Waals surface area contributed by atoms with Crippen LogP contribution in [0.25, 0.3) is 0 Å². The largest absolute Gasteiger partial charge is 0.342 e. The standard InChI is InChI=1S/C15H23BrN4O.ClH/c16-12-9-18-20(10-12)14-4-6-19(7-5-14)15(21)11-2-1-3-13(17)8-11;/h9-11,13-14H,1-8,17H2;1H. The Morgan fingerprint density at radius 1 is 1.27 bits per heavy atom. The van der Waals surface area contributed by atoms with Crippen molar-refractivity contribution in [2.75, 3.05) is 13.1 Å². The number of nitrogens with zero attached hydrogens (tertiary/aromatic N) is 3. The van der Waals surface area contributed by atoms with Crippen molar-refractivity contribution in [2.24, 2.45) is 11.7 Å². The fraction of sp³-hybridized carbons (Fsp3) is 0.733. The average molecular weight is 392 g/mol. The molecular weight excluding hydrogens is 368 g/mol. The molecule has 1 amide bonds. The predicted octanol–water partition coefficient (Wildman–Crippen LogP) is 2.75. The van der Waals surface area contributed by atoms with Gasteiger partial charge in [0.25, 0.3) is 0 Å². The van der Waals surface area contributed by atoms with Gasteiger partial charge < -0.3 is 10.6 Å². The number of carbonyl (C=O) groups is 1. The van der Waals surface area contributed by atoms with E-state index < -0.39 is 0 Å². The molecule has 2 fully saturated rings. The van der Waals surface area contributed by atoms with E-state index in [4.69, 9.17) is 5.73 Å². The minimum atomic E-state index is 0. The summed E-state index contributed by atoms with van der Waals surface area (Å²) in [6.45, 7) is 1.68. The van der Waals surface area contributed by atoms with Gasteiger partial charge in [-0.15, -0.1) is 12.4 Å². The van der Waals surface area contributed by atoms with Crippen LogP contribution in [0.3, 0.4) is 0 Å². The minimum absolute atomic E-state index is 0. The quantitative estimate of drug-likeness (QED) is 0.843. The maximum absolute atomic E-state index is 12.6. The van der Waals surface area contributed by atoms with E-state index in [9.17, 15) is 4.79 Å². The summed E-state index contributed by atoms with van der Waals surface area (Å²) in [6, 6.07) is 0.626. The SMILES string of the molecule is Cl.NC1CCCC(C(=O)N2CCC(n3cc(Br)cn3)CC2)C1. The number of nitrogens with two attached hydrogens (primary N) is 1. The predicted molar refractivity (Wildman–Crippen MR) is 92.0 cm³/mol. The molecule has 1 saturated heterocycles. The van der Waals surface area contributed by atoms with Gasteiger partial charge in [-0.3, -0.25) is 9.48 Å². The van der Waals surface area contributed by atoms with Crippen LogP contribution in [0, 0.1) is 5.92 Å². The third-order valence-corrected chi connectivity index (χ3v) is 5.19. The summed E-state index contributed by atoms with van der Waals surface area (Å²) in [4.78, 5) is 14.6. The first kappa shape index (κ1) is 17.8. The molecule has 1 aromatic heterocycles. The smallest absolute Gasteiger partial charge is 0.225 e. The highest BCUT2D eigenvalue weighted by molar-refractivity contribution is 9.10. The molecule has 3 rings (SSSR count). The maximum atomic E-state index is 12.6. The minimum Gasteiger partial charge on any atom is -0.342 e. The van der Waals surface area contributed by atoms with Crippen molar-refractivity contribution >= 4 is 34.2 Å². The van der Waals surface area contributed by atoms with Crippen molar-refractivity contribution in [2.45, 2.75) is 50.6 Å². The number of rotatable bonds is 2. The van der Waals surface area contributed by atoms with E-state index >= 15 is 0 Å². The van der Waals surface area contributed by atoms with Gasteiger partial charge in [0.15, 0.2) is 0 Å². The normalized spacial score (nSPS) is 26.5. The summed E-state index contributed by atoms with van der Waals surface area (Å²) in [5.41, 5.74) is 6.01. The van der Waals surface area contributed by atoms with Gasteiger partial charge in [-0.2, -0.15) is 5.10 Å². The second-order valence-corrected chi connectivity index (χ2v) is 7.23. The average Bonchev–Trinajstić information content (AvgIpc) is 2.93. The monoisotopic (exact) mass is 390 g/mol. The first-order valence-electron chi connectivity index (χ1n) is 7.87. The summed E-state index contributed by atoms with van der Waals surface area (Å²) in [5, 5.41) is 4.36. The van der Waals surface area contributed by atoms with Crippen LogP contribution in [0.15, 0.2) is 16.9 Å². The lowest BCUT2D eigenvalue weighted by molar-refractivity contribution is -0.138. The molecule has 1 aliphatic carbocycles. The molecule has 2 aliphatic rings. The zero-order chi connectivity index (χ0) is 14.8. The number of likely N-dealkylation sites (tertiary alicyclic amines) is 1. The van der Waals surface area contributed by atoms with Crippen molar-refractivity contribution in [3.8, 4) is 0 Å². The highest BCUT2D eigenvalue weighted by atomic mass is 79.9. The first-order valence-corrected chi connectivity index (χ1v) is 8.67. The van der Waals surface area contributed by atoms with E-state index in [1.807, 2.05) is 22.0 Å². The van der Waals surface area contributed by atoms with Crippen LogP contribution in [-0.2, 0) is 4.79 Å². The maximum Gasteiger partial charge on any atom is 0.225 e. The van der Waals surface area contributed by atoms with Gasteiger partial charge in [0.1, 0.15) is 0 Å². The molecule has 0 radical (unpaired) electrons. The van der Waals surface area contributed by atoms with Gasteiger partial charge in [0, 0.05) is 31.2 Å². The van der Waals surface area contributed by atoms with Crippen LogP contribution in [0.2, 0.25) is 0 Å². The van der Waals surface area contributed by atoms with Gasteiger partial charge in [0.2, 0.25) is 5.91 Å². The molecule has 1 saturated carbocycles. The molecular formula is C15H24BrClN4O. The molecule has 5 nitrogen and oxygen atoms in total. The van der Waals surface area contributed by atoms with Crippen LogP contribution in [0.1, 0.15) is 44.6 Å². The number of hydrogen-bond acceptors (Lipinski definition) is 3. The molecule has 124 valence electrons. The van der Waals surface area contributed by atoms with E-state index in [0.717, 1.165) is 56.1 Å². The topological polar surface area (TPSA) is 64.2 Å². The lowest BCUT2D eigenvalue weighted by Gasteiger charge is -2.36. The van der Waals surface area contributed by atoms with Crippen molar-refractivity contribution in [3.63, 3.8) is 0 Å². The van der Waals surface area contributed by atoms with E-state index in [0.29, 0.717) is 11.9 Å². The Labute approximate surface area is 146 Å². The molecule has 1 aromatic rings. The summed E-state index contributed by atoms with van der Waals surface area (Å²) < 4.78 is 3.03. The Morgan fingerprint density at radius 2 is 2.00 bits per heavy atom. The number of hydrogen-bond donors (Lipinski definition) is 1. The lowest BCUT2D eigenvalue weighted by atomic mass is 9.85. The molecule has 2 N–H and O–H groups in total. The van der Waals surface area contributed by atoms with E-state index in [2.05, 4.69) is 21.0 Å². The third-order valence-electron chi connectivity index (χ3n) is 4.78. The molecule has 2 unspecified atom stereocenters. The van der Waals surface area contributed by atoms with Gasteiger partial charge in [-0.1, -0.05) is 6.42 Å². The number of amides is 1.